The predicted octanol–water partition coefficient (Wildman–Crippen LogP) is 5.41. The Morgan fingerprint density at radius 1 is 1.03 bits per heavy atom. The van der Waals surface area contributed by atoms with Gasteiger partial charge >= 0.3 is 5.97 Å². The van der Waals surface area contributed by atoms with Crippen LogP contribution in [0.5, 0.6) is 0 Å². The normalized spacial score (nSPS) is 50.2. The maximum atomic E-state index is 12.8. The molecule has 1 N–H and O–H groups in total. The van der Waals surface area contributed by atoms with E-state index in [9.17, 15) is 9.90 Å². The summed E-state index contributed by atoms with van der Waals surface area (Å²) in [5.74, 6) is 0.864. The summed E-state index contributed by atoms with van der Waals surface area (Å²) in [5, 5.41) is 12.3. The van der Waals surface area contributed by atoms with Gasteiger partial charge in [-0.25, -0.2) is 0 Å². The Balaban J connectivity index is 1.33. The predicted molar refractivity (Wildman–Crippen MR) is 116 cm³/mol. The summed E-state index contributed by atoms with van der Waals surface area (Å²) in [6.45, 7) is 7.44. The molecule has 4 nitrogen and oxygen atoms in total. The number of aliphatic hydroxyl groups is 1. The van der Waals surface area contributed by atoms with Crippen molar-refractivity contribution in [2.75, 3.05) is 6.61 Å². The molecule has 2 heterocycles. The molecule has 0 aromatic heterocycles. The van der Waals surface area contributed by atoms with Crippen molar-refractivity contribution in [3.63, 3.8) is 0 Å². The standard InChI is InChI=1S/C26H42O4/c1-18-15-20-21-23(2,22(27)30-20)10-8-11-24(21,3)26(18,28)14-9-19-16-25(29-17-19)12-6-4-5-7-13-25/h18-21,28H,4-17H2,1-3H3/t18-,19?,20-,21?,23+,24-,26-/m1/s1. The van der Waals surface area contributed by atoms with Crippen molar-refractivity contribution in [2.45, 2.75) is 122 Å². The van der Waals surface area contributed by atoms with Crippen molar-refractivity contribution in [3.05, 3.63) is 0 Å². The maximum Gasteiger partial charge on any atom is 0.312 e. The van der Waals surface area contributed by atoms with Crippen molar-refractivity contribution >= 4 is 5.97 Å². The number of hydrogen-bond donors (Lipinski definition) is 1. The fourth-order valence-electron chi connectivity index (χ4n) is 8.80. The molecular weight excluding hydrogens is 376 g/mol. The third kappa shape index (κ3) is 2.95. The molecule has 0 bridgehead atoms. The number of hydrogen-bond acceptors (Lipinski definition) is 4. The summed E-state index contributed by atoms with van der Waals surface area (Å²) in [4.78, 5) is 12.8. The van der Waals surface area contributed by atoms with Crippen LogP contribution in [0.4, 0.5) is 0 Å². The van der Waals surface area contributed by atoms with Crippen LogP contribution in [0.3, 0.4) is 0 Å². The molecule has 2 saturated heterocycles. The molecule has 5 rings (SSSR count). The van der Waals surface area contributed by atoms with Crippen LogP contribution in [0.15, 0.2) is 0 Å². The molecule has 30 heavy (non-hydrogen) atoms. The van der Waals surface area contributed by atoms with Crippen LogP contribution < -0.4 is 0 Å². The fraction of sp³-hybridized carbons (Fsp3) is 0.962. The second kappa shape index (κ2) is 7.20. The lowest BCUT2D eigenvalue weighted by Gasteiger charge is -2.61. The lowest BCUT2D eigenvalue weighted by molar-refractivity contribution is -0.219. The largest absolute Gasteiger partial charge is 0.462 e. The molecule has 2 aliphatic heterocycles. The highest BCUT2D eigenvalue weighted by Crippen LogP contribution is 2.67. The van der Waals surface area contributed by atoms with Crippen LogP contribution >= 0.6 is 0 Å². The quantitative estimate of drug-likeness (QED) is 0.623. The highest BCUT2D eigenvalue weighted by Gasteiger charge is 2.71. The summed E-state index contributed by atoms with van der Waals surface area (Å²) in [7, 11) is 0. The monoisotopic (exact) mass is 418 g/mol. The van der Waals surface area contributed by atoms with Gasteiger partial charge < -0.3 is 14.6 Å². The van der Waals surface area contributed by atoms with E-state index in [0.717, 1.165) is 45.1 Å². The summed E-state index contributed by atoms with van der Waals surface area (Å²) in [5.41, 5.74) is -1.24. The summed E-state index contributed by atoms with van der Waals surface area (Å²) >= 11 is 0. The highest BCUT2D eigenvalue weighted by atomic mass is 16.6. The van der Waals surface area contributed by atoms with Gasteiger partial charge in [0.05, 0.1) is 23.2 Å². The van der Waals surface area contributed by atoms with Gasteiger partial charge in [-0.1, -0.05) is 46.0 Å². The van der Waals surface area contributed by atoms with E-state index in [1.54, 1.807) is 0 Å². The van der Waals surface area contributed by atoms with Crippen LogP contribution in [0.25, 0.3) is 0 Å². The summed E-state index contributed by atoms with van der Waals surface area (Å²) < 4.78 is 12.3. The Kier molecular flexibility index (Phi) is 5.10. The average Bonchev–Trinajstić information content (AvgIpc) is 3.10. The summed E-state index contributed by atoms with van der Waals surface area (Å²) in [6.07, 6.45) is 14.6. The molecule has 0 aromatic rings. The molecule has 7 atom stereocenters. The number of carbonyl (C=O) groups is 1. The van der Waals surface area contributed by atoms with Gasteiger partial charge in [-0.3, -0.25) is 4.79 Å². The molecule has 3 aliphatic carbocycles. The van der Waals surface area contributed by atoms with Gasteiger partial charge in [-0.05, 0) is 70.1 Å². The van der Waals surface area contributed by atoms with Gasteiger partial charge in [-0.15, -0.1) is 0 Å². The van der Waals surface area contributed by atoms with E-state index < -0.39 is 11.0 Å². The van der Waals surface area contributed by atoms with E-state index in [1.807, 2.05) is 0 Å². The molecule has 5 fully saturated rings. The third-order valence-corrected chi connectivity index (χ3v) is 10.5. The van der Waals surface area contributed by atoms with Crippen LogP contribution in [0.2, 0.25) is 0 Å². The molecule has 3 saturated carbocycles. The number of carbonyl (C=O) groups excluding carboxylic acids is 1. The second-order valence-electron chi connectivity index (χ2n) is 12.2. The fourth-order valence-corrected chi connectivity index (χ4v) is 8.80. The van der Waals surface area contributed by atoms with Crippen LogP contribution in [-0.2, 0) is 14.3 Å². The van der Waals surface area contributed by atoms with Crippen molar-refractivity contribution in [3.8, 4) is 0 Å². The summed E-state index contributed by atoms with van der Waals surface area (Å²) in [6, 6.07) is 0. The molecule has 5 aliphatic rings. The Labute approximate surface area is 182 Å². The van der Waals surface area contributed by atoms with E-state index in [1.165, 1.54) is 44.9 Å². The first-order valence-corrected chi connectivity index (χ1v) is 12.8. The van der Waals surface area contributed by atoms with Gasteiger partial charge in [0.1, 0.15) is 6.10 Å². The van der Waals surface area contributed by atoms with Crippen LogP contribution in [0.1, 0.15) is 104 Å². The molecular formula is C26H42O4. The van der Waals surface area contributed by atoms with Crippen LogP contribution in [0, 0.1) is 28.6 Å². The third-order valence-electron chi connectivity index (χ3n) is 10.5. The van der Waals surface area contributed by atoms with Crippen LogP contribution in [-0.4, -0.2) is 35.0 Å². The number of esters is 1. The Morgan fingerprint density at radius 3 is 2.50 bits per heavy atom. The van der Waals surface area contributed by atoms with Crippen molar-refractivity contribution in [1.29, 1.82) is 0 Å². The van der Waals surface area contributed by atoms with E-state index in [-0.39, 0.29) is 34.9 Å². The molecule has 0 amide bonds. The maximum absolute atomic E-state index is 12.8. The molecule has 4 heteroatoms. The van der Waals surface area contributed by atoms with E-state index in [4.69, 9.17) is 9.47 Å². The van der Waals surface area contributed by atoms with Crippen molar-refractivity contribution in [2.24, 2.45) is 28.6 Å². The smallest absolute Gasteiger partial charge is 0.312 e. The second-order valence-corrected chi connectivity index (χ2v) is 12.2. The van der Waals surface area contributed by atoms with Crippen molar-refractivity contribution in [1.82, 2.24) is 0 Å². The van der Waals surface area contributed by atoms with E-state index in [2.05, 4.69) is 20.8 Å². The van der Waals surface area contributed by atoms with Gasteiger partial charge in [-0.2, -0.15) is 0 Å². The van der Waals surface area contributed by atoms with E-state index >= 15 is 0 Å². The molecule has 1 spiro atoms. The molecule has 2 unspecified atom stereocenters. The van der Waals surface area contributed by atoms with Crippen molar-refractivity contribution < 1.29 is 19.4 Å². The highest BCUT2D eigenvalue weighted by molar-refractivity contribution is 5.80. The minimum atomic E-state index is -0.719. The molecule has 0 aromatic carbocycles. The zero-order valence-electron chi connectivity index (χ0n) is 19.4. The number of ether oxygens (including phenoxy) is 2. The molecule has 170 valence electrons. The Bertz CT molecular complexity index is 683. The zero-order chi connectivity index (χ0) is 21.2. The minimum Gasteiger partial charge on any atom is -0.462 e. The van der Waals surface area contributed by atoms with Gasteiger partial charge in [0, 0.05) is 11.3 Å². The van der Waals surface area contributed by atoms with Gasteiger partial charge in [0.2, 0.25) is 0 Å². The Hall–Kier alpha value is -0.610. The lowest BCUT2D eigenvalue weighted by Crippen LogP contribution is -2.65. The minimum absolute atomic E-state index is 0.00727. The first-order chi connectivity index (χ1) is 14.2. The van der Waals surface area contributed by atoms with Gasteiger partial charge in [0.25, 0.3) is 0 Å². The average molecular weight is 419 g/mol. The first kappa shape index (κ1) is 21.2. The zero-order valence-corrected chi connectivity index (χ0v) is 19.4. The first-order valence-electron chi connectivity index (χ1n) is 12.8. The lowest BCUT2D eigenvalue weighted by atomic mass is 9.44. The van der Waals surface area contributed by atoms with Gasteiger partial charge in [0.15, 0.2) is 0 Å². The molecule has 0 radical (unpaired) electrons. The topological polar surface area (TPSA) is 55.8 Å². The number of rotatable bonds is 3. The van der Waals surface area contributed by atoms with E-state index in [0.29, 0.717) is 5.92 Å². The Morgan fingerprint density at radius 2 is 1.77 bits per heavy atom. The SMILES string of the molecule is C[C@@H]1C[C@H]2OC(=O)[C@@]3(C)CCC[C@](C)(C23)[C@@]1(O)CCC1COC2(CCCCCC2)C1.